The Hall–Kier alpha value is -0.530. The fourth-order valence-corrected chi connectivity index (χ4v) is 4.52. The maximum Gasteiger partial charge on any atom is 0.416 e. The summed E-state index contributed by atoms with van der Waals surface area (Å²) in [7, 11) is 1.94. The molecule has 28 heavy (non-hydrogen) atoms. The molecule has 2 aliphatic rings. The van der Waals surface area contributed by atoms with Crippen LogP contribution in [0.25, 0.3) is 0 Å². The molecule has 1 unspecified atom stereocenters. The predicted molar refractivity (Wildman–Crippen MR) is 111 cm³/mol. The molecule has 1 aliphatic carbocycles. The van der Waals surface area contributed by atoms with Gasteiger partial charge in [-0.15, -0.1) is 24.8 Å². The largest absolute Gasteiger partial charge is 0.416 e. The minimum absolute atomic E-state index is 0. The van der Waals surface area contributed by atoms with Crippen molar-refractivity contribution in [1.82, 2.24) is 10.2 Å². The Morgan fingerprint density at radius 3 is 2.46 bits per heavy atom. The van der Waals surface area contributed by atoms with Gasteiger partial charge in [0.15, 0.2) is 0 Å². The molecule has 2 N–H and O–H groups in total. The van der Waals surface area contributed by atoms with Crippen LogP contribution in [0.3, 0.4) is 0 Å². The molecule has 2 atom stereocenters. The highest BCUT2D eigenvalue weighted by Gasteiger charge is 2.41. The number of rotatable bonds is 5. The highest BCUT2D eigenvalue weighted by atomic mass is 35.5. The molecule has 2 fully saturated rings. The van der Waals surface area contributed by atoms with Crippen LogP contribution in [0.1, 0.15) is 55.6 Å². The average Bonchev–Trinajstić information content (AvgIpc) is 3.07. The minimum Gasteiger partial charge on any atom is -0.389 e. The lowest BCUT2D eigenvalue weighted by molar-refractivity contribution is -0.137. The molecule has 1 aromatic carbocycles. The number of hydrogen-bond acceptors (Lipinski definition) is 3. The first-order chi connectivity index (χ1) is 12.3. The van der Waals surface area contributed by atoms with Crippen LogP contribution in [0.4, 0.5) is 13.2 Å². The van der Waals surface area contributed by atoms with Crippen molar-refractivity contribution >= 4 is 24.8 Å². The topological polar surface area (TPSA) is 35.5 Å². The molecule has 3 rings (SSSR count). The highest BCUT2D eigenvalue weighted by molar-refractivity contribution is 5.85. The van der Waals surface area contributed by atoms with Crippen molar-refractivity contribution in [2.24, 2.45) is 0 Å². The smallest absolute Gasteiger partial charge is 0.389 e. The van der Waals surface area contributed by atoms with E-state index in [-0.39, 0.29) is 30.7 Å². The van der Waals surface area contributed by atoms with Gasteiger partial charge < -0.3 is 15.3 Å². The van der Waals surface area contributed by atoms with Gasteiger partial charge in [0, 0.05) is 25.0 Å². The Morgan fingerprint density at radius 1 is 1.21 bits per heavy atom. The number of nitrogens with one attached hydrogen (secondary N) is 1. The second-order valence-electron chi connectivity index (χ2n) is 7.87. The van der Waals surface area contributed by atoms with Crippen molar-refractivity contribution in [3.8, 4) is 0 Å². The normalized spacial score (nSPS) is 23.5. The van der Waals surface area contributed by atoms with Crippen molar-refractivity contribution < 1.29 is 18.3 Å². The molecule has 0 amide bonds. The summed E-state index contributed by atoms with van der Waals surface area (Å²) >= 11 is 0. The zero-order valence-electron chi connectivity index (χ0n) is 16.2. The summed E-state index contributed by atoms with van der Waals surface area (Å²) in [6.45, 7) is 2.40. The third kappa shape index (κ3) is 5.99. The summed E-state index contributed by atoms with van der Waals surface area (Å²) in [5.74, 6) is -0.291. The molecule has 0 spiro atoms. The Kier molecular flexibility index (Phi) is 9.55. The number of halogens is 5. The van der Waals surface area contributed by atoms with Gasteiger partial charge in [-0.25, -0.2) is 0 Å². The average molecular weight is 443 g/mol. The molecule has 1 aromatic rings. The molecule has 1 heterocycles. The first-order valence-corrected chi connectivity index (χ1v) is 9.61. The summed E-state index contributed by atoms with van der Waals surface area (Å²) in [6, 6.07) is 5.98. The number of benzene rings is 1. The SMILES string of the molecule is CN[C@@H]1CCN(CC(c2cccc(C(F)(F)F)c2)C2(O)CCCCC2)C1.Cl.Cl. The van der Waals surface area contributed by atoms with Crippen LogP contribution in [0.15, 0.2) is 24.3 Å². The van der Waals surface area contributed by atoms with E-state index in [0.29, 0.717) is 31.0 Å². The van der Waals surface area contributed by atoms with E-state index in [0.717, 1.165) is 44.8 Å². The molecule has 1 saturated carbocycles. The van der Waals surface area contributed by atoms with E-state index in [1.807, 2.05) is 7.05 Å². The standard InChI is InChI=1S/C20H29F3N2O.2ClH/c1-24-17-8-11-25(13-17)14-18(19(26)9-3-2-4-10-19)15-6-5-7-16(12-15)20(21,22)23;;/h5-7,12,17-18,24,26H,2-4,8-11,13-14H2,1H3;2*1H/t17-,18?;;/m1../s1. The van der Waals surface area contributed by atoms with E-state index >= 15 is 0 Å². The molecule has 0 bridgehead atoms. The number of nitrogens with zero attached hydrogens (tertiary/aromatic N) is 1. The number of alkyl halides is 3. The molecule has 162 valence electrons. The van der Waals surface area contributed by atoms with Gasteiger partial charge in [0.1, 0.15) is 0 Å². The summed E-state index contributed by atoms with van der Waals surface area (Å²) in [6.07, 6.45) is 0.957. The lowest BCUT2D eigenvalue weighted by atomic mass is 9.72. The van der Waals surface area contributed by atoms with Gasteiger partial charge >= 0.3 is 6.18 Å². The molecular formula is C20H31Cl2F3N2O. The molecule has 8 heteroatoms. The van der Waals surface area contributed by atoms with Crippen molar-refractivity contribution in [3.63, 3.8) is 0 Å². The summed E-state index contributed by atoms with van der Waals surface area (Å²) in [4.78, 5) is 2.28. The van der Waals surface area contributed by atoms with Crippen LogP contribution in [0.2, 0.25) is 0 Å². The predicted octanol–water partition coefficient (Wildman–Crippen LogP) is 4.62. The second-order valence-corrected chi connectivity index (χ2v) is 7.87. The summed E-state index contributed by atoms with van der Waals surface area (Å²) in [5, 5.41) is 14.6. The highest BCUT2D eigenvalue weighted by Crippen LogP contribution is 2.42. The maximum absolute atomic E-state index is 13.2. The molecule has 3 nitrogen and oxygen atoms in total. The first kappa shape index (κ1) is 25.5. The van der Waals surface area contributed by atoms with Crippen LogP contribution < -0.4 is 5.32 Å². The van der Waals surface area contributed by atoms with Crippen molar-refractivity contribution in [2.75, 3.05) is 26.7 Å². The number of likely N-dealkylation sites (N-methyl/N-ethyl adjacent to an activating group) is 1. The van der Waals surface area contributed by atoms with Gasteiger partial charge in [0.05, 0.1) is 11.2 Å². The van der Waals surface area contributed by atoms with Gasteiger partial charge in [0.2, 0.25) is 0 Å². The van der Waals surface area contributed by atoms with Crippen molar-refractivity contribution in [3.05, 3.63) is 35.4 Å². The number of likely N-dealkylation sites (tertiary alicyclic amines) is 1. The van der Waals surface area contributed by atoms with E-state index in [2.05, 4.69) is 10.2 Å². The van der Waals surface area contributed by atoms with Gasteiger partial charge in [0.25, 0.3) is 0 Å². The number of aliphatic hydroxyl groups is 1. The quantitative estimate of drug-likeness (QED) is 0.697. The van der Waals surface area contributed by atoms with E-state index in [1.165, 1.54) is 12.1 Å². The second kappa shape index (κ2) is 10.5. The van der Waals surface area contributed by atoms with Crippen LogP contribution >= 0.6 is 24.8 Å². The Labute approximate surface area is 177 Å². The summed E-state index contributed by atoms with van der Waals surface area (Å²) in [5.41, 5.74) is -0.939. The van der Waals surface area contributed by atoms with Crippen LogP contribution in [-0.2, 0) is 6.18 Å². The van der Waals surface area contributed by atoms with Crippen molar-refractivity contribution in [2.45, 2.75) is 62.3 Å². The maximum atomic E-state index is 13.2. The molecule has 0 aromatic heterocycles. The van der Waals surface area contributed by atoms with E-state index in [9.17, 15) is 18.3 Å². The van der Waals surface area contributed by atoms with E-state index < -0.39 is 17.3 Å². The van der Waals surface area contributed by atoms with Gasteiger partial charge in [-0.3, -0.25) is 0 Å². The zero-order valence-corrected chi connectivity index (χ0v) is 17.8. The van der Waals surface area contributed by atoms with Crippen LogP contribution in [0, 0.1) is 0 Å². The third-order valence-corrected chi connectivity index (χ3v) is 6.11. The lowest BCUT2D eigenvalue weighted by Crippen LogP contribution is -2.44. The molecule has 1 aliphatic heterocycles. The minimum atomic E-state index is -4.36. The Morgan fingerprint density at radius 2 is 1.89 bits per heavy atom. The van der Waals surface area contributed by atoms with Gasteiger partial charge in [-0.1, -0.05) is 37.5 Å². The van der Waals surface area contributed by atoms with Crippen molar-refractivity contribution in [1.29, 1.82) is 0 Å². The Balaban J connectivity index is 0.00000196. The fourth-order valence-electron chi connectivity index (χ4n) is 4.52. The number of hydrogen-bond donors (Lipinski definition) is 2. The first-order valence-electron chi connectivity index (χ1n) is 9.61. The van der Waals surface area contributed by atoms with Gasteiger partial charge in [-0.2, -0.15) is 13.2 Å². The van der Waals surface area contributed by atoms with E-state index in [1.54, 1.807) is 6.07 Å². The van der Waals surface area contributed by atoms with Gasteiger partial charge in [-0.05, 0) is 44.5 Å². The van der Waals surface area contributed by atoms with E-state index in [4.69, 9.17) is 0 Å². The monoisotopic (exact) mass is 442 g/mol. The third-order valence-electron chi connectivity index (χ3n) is 6.11. The lowest BCUT2D eigenvalue weighted by Gasteiger charge is -2.41. The Bertz CT molecular complexity index is 609. The fraction of sp³-hybridized carbons (Fsp3) is 0.700. The molecule has 1 saturated heterocycles. The molecular weight excluding hydrogens is 412 g/mol. The zero-order chi connectivity index (χ0) is 18.8. The van der Waals surface area contributed by atoms with Crippen LogP contribution in [0.5, 0.6) is 0 Å². The summed E-state index contributed by atoms with van der Waals surface area (Å²) < 4.78 is 39.6. The van der Waals surface area contributed by atoms with Crippen LogP contribution in [-0.4, -0.2) is 48.3 Å². The molecule has 0 radical (unpaired) electrons.